The van der Waals surface area contributed by atoms with Crippen LogP contribution in [-0.2, 0) is 4.79 Å². The Morgan fingerprint density at radius 3 is 3.00 bits per heavy atom. The predicted molar refractivity (Wildman–Crippen MR) is 53.6 cm³/mol. The highest BCUT2D eigenvalue weighted by Gasteiger charge is 2.30. The van der Waals surface area contributed by atoms with Gasteiger partial charge < -0.3 is 5.32 Å². The van der Waals surface area contributed by atoms with Crippen LogP contribution >= 0.6 is 11.3 Å². The fourth-order valence-corrected chi connectivity index (χ4v) is 2.02. The van der Waals surface area contributed by atoms with Crippen molar-refractivity contribution in [2.75, 3.05) is 0 Å². The minimum atomic E-state index is 0.174. The third-order valence-electron chi connectivity index (χ3n) is 2.28. The Bertz CT molecular complexity index is 290. The number of rotatable bonds is 3. The van der Waals surface area contributed by atoms with Gasteiger partial charge in [-0.1, -0.05) is 6.07 Å². The quantitative estimate of drug-likeness (QED) is 0.788. The Morgan fingerprint density at radius 2 is 2.46 bits per heavy atom. The smallest absolute Gasteiger partial charge is 0.223 e. The number of carbonyl (C=O) groups excluding carboxylic acids is 1. The van der Waals surface area contributed by atoms with Gasteiger partial charge in [0, 0.05) is 10.8 Å². The number of amides is 1. The van der Waals surface area contributed by atoms with Crippen LogP contribution in [0.1, 0.15) is 30.7 Å². The fraction of sp³-hybridized carbons (Fsp3) is 0.500. The molecule has 1 aliphatic carbocycles. The van der Waals surface area contributed by atoms with Gasteiger partial charge in [0.05, 0.1) is 6.04 Å². The molecule has 70 valence electrons. The molecule has 0 bridgehead atoms. The maximum Gasteiger partial charge on any atom is 0.223 e. The Kier molecular flexibility index (Phi) is 2.36. The Morgan fingerprint density at radius 1 is 1.69 bits per heavy atom. The molecule has 1 aromatic heterocycles. The van der Waals surface area contributed by atoms with Crippen LogP contribution < -0.4 is 5.32 Å². The SMILES string of the molecule is C[C@@H](NC(=O)C1CC1)c1cccs1. The molecule has 0 saturated heterocycles. The first kappa shape index (κ1) is 8.75. The molecule has 1 aromatic rings. The van der Waals surface area contributed by atoms with E-state index in [0.29, 0.717) is 5.92 Å². The summed E-state index contributed by atoms with van der Waals surface area (Å²) in [6.07, 6.45) is 2.14. The second kappa shape index (κ2) is 3.50. The summed E-state index contributed by atoms with van der Waals surface area (Å²) in [5.41, 5.74) is 0. The minimum Gasteiger partial charge on any atom is -0.349 e. The maximum atomic E-state index is 11.4. The van der Waals surface area contributed by atoms with Crippen LogP contribution in [0, 0.1) is 5.92 Å². The van der Waals surface area contributed by atoms with E-state index in [-0.39, 0.29) is 11.9 Å². The lowest BCUT2D eigenvalue weighted by Gasteiger charge is -2.11. The molecule has 1 N–H and O–H groups in total. The van der Waals surface area contributed by atoms with E-state index in [0.717, 1.165) is 12.8 Å². The van der Waals surface area contributed by atoms with E-state index in [1.165, 1.54) is 4.88 Å². The van der Waals surface area contributed by atoms with Gasteiger partial charge in [-0.05, 0) is 31.2 Å². The number of hydrogen-bond acceptors (Lipinski definition) is 2. The van der Waals surface area contributed by atoms with E-state index in [2.05, 4.69) is 11.4 Å². The van der Waals surface area contributed by atoms with Gasteiger partial charge in [-0.2, -0.15) is 0 Å². The van der Waals surface area contributed by atoms with Crippen molar-refractivity contribution in [2.24, 2.45) is 5.92 Å². The van der Waals surface area contributed by atoms with Gasteiger partial charge >= 0.3 is 0 Å². The van der Waals surface area contributed by atoms with Crippen LogP contribution in [0.2, 0.25) is 0 Å². The van der Waals surface area contributed by atoms with Crippen molar-refractivity contribution in [3.63, 3.8) is 0 Å². The molecule has 0 radical (unpaired) electrons. The van der Waals surface area contributed by atoms with Crippen molar-refractivity contribution in [1.29, 1.82) is 0 Å². The Hall–Kier alpha value is -0.830. The molecule has 0 aliphatic heterocycles. The zero-order valence-corrected chi connectivity index (χ0v) is 8.43. The molecule has 1 aliphatic rings. The molecule has 1 saturated carbocycles. The first-order chi connectivity index (χ1) is 6.27. The highest BCUT2D eigenvalue weighted by atomic mass is 32.1. The number of carbonyl (C=O) groups is 1. The summed E-state index contributed by atoms with van der Waals surface area (Å²) < 4.78 is 0. The number of thiophene rings is 1. The zero-order valence-electron chi connectivity index (χ0n) is 7.62. The van der Waals surface area contributed by atoms with E-state index in [1.807, 2.05) is 18.4 Å². The van der Waals surface area contributed by atoms with Gasteiger partial charge in [0.25, 0.3) is 0 Å². The molecule has 1 amide bonds. The second-order valence-corrected chi connectivity index (χ2v) is 4.50. The van der Waals surface area contributed by atoms with E-state index in [1.54, 1.807) is 11.3 Å². The summed E-state index contributed by atoms with van der Waals surface area (Å²) >= 11 is 1.69. The van der Waals surface area contributed by atoms with E-state index < -0.39 is 0 Å². The molecular formula is C10H13NOS. The standard InChI is InChI=1S/C10H13NOS/c1-7(9-3-2-6-13-9)11-10(12)8-4-5-8/h2-3,6-8H,4-5H2,1H3,(H,11,12)/t7-/m1/s1. The van der Waals surface area contributed by atoms with Gasteiger partial charge in [-0.3, -0.25) is 4.79 Å². The molecule has 0 unspecified atom stereocenters. The third-order valence-corrected chi connectivity index (χ3v) is 3.33. The molecule has 13 heavy (non-hydrogen) atoms. The molecule has 2 rings (SSSR count). The second-order valence-electron chi connectivity index (χ2n) is 3.52. The van der Waals surface area contributed by atoms with Crippen LogP contribution in [0.5, 0.6) is 0 Å². The average molecular weight is 195 g/mol. The van der Waals surface area contributed by atoms with Crippen molar-refractivity contribution in [3.05, 3.63) is 22.4 Å². The van der Waals surface area contributed by atoms with Crippen molar-refractivity contribution < 1.29 is 4.79 Å². The van der Waals surface area contributed by atoms with Gasteiger partial charge in [0.1, 0.15) is 0 Å². The van der Waals surface area contributed by atoms with Gasteiger partial charge in [0.2, 0.25) is 5.91 Å². The fourth-order valence-electron chi connectivity index (χ4n) is 1.29. The zero-order chi connectivity index (χ0) is 9.26. The summed E-state index contributed by atoms with van der Waals surface area (Å²) in [6.45, 7) is 2.03. The van der Waals surface area contributed by atoms with Gasteiger partial charge in [0.15, 0.2) is 0 Å². The lowest BCUT2D eigenvalue weighted by atomic mass is 10.2. The lowest BCUT2D eigenvalue weighted by Crippen LogP contribution is -2.27. The first-order valence-electron chi connectivity index (χ1n) is 4.61. The van der Waals surface area contributed by atoms with E-state index >= 15 is 0 Å². The Labute approximate surface area is 82.0 Å². The third kappa shape index (κ3) is 2.10. The van der Waals surface area contributed by atoms with Gasteiger partial charge in [-0.25, -0.2) is 0 Å². The highest BCUT2D eigenvalue weighted by Crippen LogP contribution is 2.30. The molecular weight excluding hydrogens is 182 g/mol. The summed E-state index contributed by atoms with van der Waals surface area (Å²) in [5.74, 6) is 0.531. The number of nitrogens with one attached hydrogen (secondary N) is 1. The molecule has 1 fully saturated rings. The van der Waals surface area contributed by atoms with Crippen molar-refractivity contribution >= 4 is 17.2 Å². The average Bonchev–Trinajstić information content (AvgIpc) is 2.81. The molecule has 2 nitrogen and oxygen atoms in total. The van der Waals surface area contributed by atoms with Crippen LogP contribution in [0.15, 0.2) is 17.5 Å². The lowest BCUT2D eigenvalue weighted by molar-refractivity contribution is -0.122. The van der Waals surface area contributed by atoms with E-state index in [4.69, 9.17) is 0 Å². The van der Waals surface area contributed by atoms with Gasteiger partial charge in [-0.15, -0.1) is 11.3 Å². The summed E-state index contributed by atoms with van der Waals surface area (Å²) in [7, 11) is 0. The maximum absolute atomic E-state index is 11.4. The summed E-state index contributed by atoms with van der Waals surface area (Å²) in [5, 5.41) is 5.05. The van der Waals surface area contributed by atoms with Crippen molar-refractivity contribution in [1.82, 2.24) is 5.32 Å². The monoisotopic (exact) mass is 195 g/mol. The topological polar surface area (TPSA) is 29.1 Å². The van der Waals surface area contributed by atoms with Crippen LogP contribution in [0.4, 0.5) is 0 Å². The molecule has 1 heterocycles. The molecule has 1 atom stereocenters. The molecule has 3 heteroatoms. The van der Waals surface area contributed by atoms with Crippen LogP contribution in [0.25, 0.3) is 0 Å². The first-order valence-corrected chi connectivity index (χ1v) is 5.49. The van der Waals surface area contributed by atoms with E-state index in [9.17, 15) is 4.79 Å². The van der Waals surface area contributed by atoms with Crippen molar-refractivity contribution in [2.45, 2.75) is 25.8 Å². The number of hydrogen-bond donors (Lipinski definition) is 1. The minimum absolute atomic E-state index is 0.174. The highest BCUT2D eigenvalue weighted by molar-refractivity contribution is 7.10. The Balaban J connectivity index is 1.90. The predicted octanol–water partition coefficient (Wildman–Crippen LogP) is 2.34. The summed E-state index contributed by atoms with van der Waals surface area (Å²) in [4.78, 5) is 12.6. The van der Waals surface area contributed by atoms with Crippen molar-refractivity contribution in [3.8, 4) is 0 Å². The van der Waals surface area contributed by atoms with Crippen LogP contribution in [-0.4, -0.2) is 5.91 Å². The van der Waals surface area contributed by atoms with Crippen LogP contribution in [0.3, 0.4) is 0 Å². The normalized spacial score (nSPS) is 18.2. The summed E-state index contributed by atoms with van der Waals surface area (Å²) in [6, 6.07) is 4.25. The largest absolute Gasteiger partial charge is 0.349 e. The molecule has 0 spiro atoms. The molecule has 0 aromatic carbocycles.